The number of likely N-dealkylation sites (tertiary alicyclic amines) is 1. The van der Waals surface area contributed by atoms with Crippen molar-refractivity contribution in [2.75, 3.05) is 40.3 Å². The maximum atomic E-state index is 12.2. The molecule has 1 amide bonds. The summed E-state index contributed by atoms with van der Waals surface area (Å²) in [5.41, 5.74) is 0.546. The highest BCUT2D eigenvalue weighted by atomic mass is 35.5. The fourth-order valence-electron chi connectivity index (χ4n) is 3.22. The van der Waals surface area contributed by atoms with Crippen LogP contribution in [0.5, 0.6) is 5.75 Å². The molecule has 7 heteroatoms. The maximum Gasteiger partial charge on any atom is 0.251 e. The lowest BCUT2D eigenvalue weighted by molar-refractivity contribution is 0.0927. The molecule has 2 aromatic rings. The van der Waals surface area contributed by atoms with Crippen molar-refractivity contribution < 1.29 is 13.9 Å². The maximum absolute atomic E-state index is 12.2. The van der Waals surface area contributed by atoms with E-state index in [1.54, 1.807) is 24.5 Å². The largest absolute Gasteiger partial charge is 0.489 e. The Morgan fingerprint density at radius 3 is 2.75 bits per heavy atom. The second kappa shape index (κ2) is 9.96. The molecule has 0 atom stereocenters. The average Bonchev–Trinajstić information content (AvgIpc) is 3.17. The van der Waals surface area contributed by atoms with Crippen molar-refractivity contribution >= 4 is 17.5 Å². The van der Waals surface area contributed by atoms with Gasteiger partial charge in [0.25, 0.3) is 5.91 Å². The van der Waals surface area contributed by atoms with E-state index in [1.165, 1.54) is 0 Å². The molecule has 1 saturated heterocycles. The van der Waals surface area contributed by atoms with Crippen LogP contribution in [0.3, 0.4) is 0 Å². The first kappa shape index (κ1) is 20.7. The lowest BCUT2D eigenvalue weighted by atomic mass is 10.1. The molecule has 1 fully saturated rings. The highest BCUT2D eigenvalue weighted by molar-refractivity contribution is 6.32. The summed E-state index contributed by atoms with van der Waals surface area (Å²) in [6.07, 6.45) is 3.71. The SMILES string of the molecule is CN(C)CCNC(=O)c1ccc(OC2CCN(Cc3ccco3)CC2)c(Cl)c1. The lowest BCUT2D eigenvalue weighted by Crippen LogP contribution is -2.37. The summed E-state index contributed by atoms with van der Waals surface area (Å²) in [4.78, 5) is 16.6. The highest BCUT2D eigenvalue weighted by Gasteiger charge is 2.22. The number of likely N-dealkylation sites (N-methyl/N-ethyl adjacent to an activating group) is 1. The number of hydrogen-bond acceptors (Lipinski definition) is 5. The Balaban J connectivity index is 1.47. The number of carbonyl (C=O) groups excluding carboxylic acids is 1. The topological polar surface area (TPSA) is 58.0 Å². The number of hydrogen-bond donors (Lipinski definition) is 1. The van der Waals surface area contributed by atoms with Gasteiger partial charge in [-0.25, -0.2) is 0 Å². The average molecular weight is 406 g/mol. The first-order valence-corrected chi connectivity index (χ1v) is 10.0. The van der Waals surface area contributed by atoms with Crippen molar-refractivity contribution in [1.29, 1.82) is 0 Å². The van der Waals surface area contributed by atoms with Gasteiger partial charge in [0.15, 0.2) is 0 Å². The predicted molar refractivity (Wildman–Crippen MR) is 110 cm³/mol. The molecule has 1 aromatic heterocycles. The molecule has 0 spiro atoms. The van der Waals surface area contributed by atoms with Crippen molar-refractivity contribution in [2.45, 2.75) is 25.5 Å². The van der Waals surface area contributed by atoms with Crippen LogP contribution in [-0.2, 0) is 6.54 Å². The molecular weight excluding hydrogens is 378 g/mol. The van der Waals surface area contributed by atoms with Gasteiger partial charge in [-0.2, -0.15) is 0 Å². The van der Waals surface area contributed by atoms with Crippen LogP contribution in [0.1, 0.15) is 29.0 Å². The molecule has 0 aliphatic carbocycles. The number of ether oxygens (including phenoxy) is 1. The third-order valence-corrected chi connectivity index (χ3v) is 5.12. The van der Waals surface area contributed by atoms with Gasteiger partial charge >= 0.3 is 0 Å². The van der Waals surface area contributed by atoms with Gasteiger partial charge in [-0.15, -0.1) is 0 Å². The van der Waals surface area contributed by atoms with Crippen LogP contribution in [-0.4, -0.2) is 62.1 Å². The quantitative estimate of drug-likeness (QED) is 0.730. The van der Waals surface area contributed by atoms with Gasteiger partial charge in [0.2, 0.25) is 0 Å². The molecule has 1 aliphatic heterocycles. The molecule has 2 heterocycles. The molecule has 0 unspecified atom stereocenters. The van der Waals surface area contributed by atoms with E-state index in [2.05, 4.69) is 10.2 Å². The fourth-order valence-corrected chi connectivity index (χ4v) is 3.45. The number of nitrogens with one attached hydrogen (secondary N) is 1. The van der Waals surface area contributed by atoms with E-state index >= 15 is 0 Å². The molecule has 6 nitrogen and oxygen atoms in total. The second-order valence-corrected chi connectivity index (χ2v) is 7.78. The van der Waals surface area contributed by atoms with Crippen molar-refractivity contribution in [3.05, 3.63) is 52.9 Å². The van der Waals surface area contributed by atoms with Gasteiger partial charge in [-0.1, -0.05) is 11.6 Å². The van der Waals surface area contributed by atoms with E-state index in [1.807, 2.05) is 31.1 Å². The normalized spacial score (nSPS) is 15.7. The molecule has 1 aliphatic rings. The molecular formula is C21H28ClN3O3. The summed E-state index contributed by atoms with van der Waals surface area (Å²) in [6, 6.07) is 9.14. The Kier molecular flexibility index (Phi) is 7.36. The number of rotatable bonds is 8. The van der Waals surface area contributed by atoms with Gasteiger partial charge in [0.05, 0.1) is 17.8 Å². The zero-order valence-corrected chi connectivity index (χ0v) is 17.2. The van der Waals surface area contributed by atoms with E-state index in [0.29, 0.717) is 22.9 Å². The van der Waals surface area contributed by atoms with Gasteiger partial charge in [0.1, 0.15) is 17.6 Å². The minimum atomic E-state index is -0.124. The second-order valence-electron chi connectivity index (χ2n) is 7.38. The minimum absolute atomic E-state index is 0.124. The molecule has 1 N–H and O–H groups in total. The number of benzene rings is 1. The third kappa shape index (κ3) is 5.99. The summed E-state index contributed by atoms with van der Waals surface area (Å²) in [7, 11) is 3.94. The first-order chi connectivity index (χ1) is 13.5. The zero-order chi connectivity index (χ0) is 19.9. The van der Waals surface area contributed by atoms with Crippen LogP contribution in [0.4, 0.5) is 0 Å². The van der Waals surface area contributed by atoms with Crippen LogP contribution >= 0.6 is 11.6 Å². The summed E-state index contributed by atoms with van der Waals surface area (Å²) in [6.45, 7) is 4.13. The fraction of sp³-hybridized carbons (Fsp3) is 0.476. The molecule has 0 bridgehead atoms. The van der Waals surface area contributed by atoms with Gasteiger partial charge < -0.3 is 19.4 Å². The highest BCUT2D eigenvalue weighted by Crippen LogP contribution is 2.28. The molecule has 0 saturated carbocycles. The van der Waals surface area contributed by atoms with E-state index < -0.39 is 0 Å². The van der Waals surface area contributed by atoms with Crippen LogP contribution in [0.25, 0.3) is 0 Å². The Morgan fingerprint density at radius 2 is 2.11 bits per heavy atom. The molecule has 0 radical (unpaired) electrons. The Morgan fingerprint density at radius 1 is 1.32 bits per heavy atom. The number of furan rings is 1. The molecule has 1 aromatic carbocycles. The van der Waals surface area contributed by atoms with Crippen LogP contribution in [0.2, 0.25) is 5.02 Å². The first-order valence-electron chi connectivity index (χ1n) is 9.65. The van der Waals surface area contributed by atoms with Gasteiger partial charge in [-0.05, 0) is 57.3 Å². The van der Waals surface area contributed by atoms with Crippen LogP contribution in [0.15, 0.2) is 41.0 Å². The van der Waals surface area contributed by atoms with Crippen LogP contribution < -0.4 is 10.1 Å². The Hall–Kier alpha value is -2.02. The van der Waals surface area contributed by atoms with Crippen molar-refractivity contribution in [1.82, 2.24) is 15.1 Å². The van der Waals surface area contributed by atoms with E-state index in [0.717, 1.165) is 44.8 Å². The van der Waals surface area contributed by atoms with Crippen molar-refractivity contribution in [3.63, 3.8) is 0 Å². The smallest absolute Gasteiger partial charge is 0.251 e. The summed E-state index contributed by atoms with van der Waals surface area (Å²) in [5.74, 6) is 1.50. The molecule has 152 valence electrons. The number of nitrogens with zero attached hydrogens (tertiary/aromatic N) is 2. The van der Waals surface area contributed by atoms with E-state index in [-0.39, 0.29) is 12.0 Å². The van der Waals surface area contributed by atoms with E-state index in [9.17, 15) is 4.79 Å². The van der Waals surface area contributed by atoms with Gasteiger partial charge in [-0.3, -0.25) is 9.69 Å². The molecule has 3 rings (SSSR count). The minimum Gasteiger partial charge on any atom is -0.489 e. The number of amides is 1. The third-order valence-electron chi connectivity index (χ3n) is 4.83. The Labute approximate surface area is 171 Å². The van der Waals surface area contributed by atoms with Crippen molar-refractivity contribution in [3.8, 4) is 5.75 Å². The van der Waals surface area contributed by atoms with Crippen molar-refractivity contribution in [2.24, 2.45) is 0 Å². The van der Waals surface area contributed by atoms with E-state index in [4.69, 9.17) is 20.8 Å². The zero-order valence-electron chi connectivity index (χ0n) is 16.5. The van der Waals surface area contributed by atoms with Crippen LogP contribution in [0, 0.1) is 0 Å². The summed E-state index contributed by atoms with van der Waals surface area (Å²) >= 11 is 6.36. The Bertz CT molecular complexity index is 756. The summed E-state index contributed by atoms with van der Waals surface area (Å²) < 4.78 is 11.5. The number of halogens is 1. The standard InChI is InChI=1S/C21H28ClN3O3/c1-24(2)12-9-23-21(26)16-5-6-20(19(22)14-16)28-17-7-10-25(11-8-17)15-18-4-3-13-27-18/h3-6,13-14,17H,7-12,15H2,1-2H3,(H,23,26). The lowest BCUT2D eigenvalue weighted by Gasteiger charge is -2.31. The monoisotopic (exact) mass is 405 g/mol. The summed E-state index contributed by atoms with van der Waals surface area (Å²) in [5, 5.41) is 3.36. The van der Waals surface area contributed by atoms with Gasteiger partial charge in [0, 0.05) is 31.7 Å². The number of piperidine rings is 1. The molecule has 28 heavy (non-hydrogen) atoms. The predicted octanol–water partition coefficient (Wildman–Crippen LogP) is 3.27. The number of carbonyl (C=O) groups is 1.